The lowest BCUT2D eigenvalue weighted by molar-refractivity contribution is 0.457. The van der Waals surface area contributed by atoms with Gasteiger partial charge in [0.05, 0.1) is 0 Å². The van der Waals surface area contributed by atoms with Gasteiger partial charge >= 0.3 is 0 Å². The van der Waals surface area contributed by atoms with Gasteiger partial charge in [-0.05, 0) is 42.5 Å². The van der Waals surface area contributed by atoms with Crippen LogP contribution in [0.25, 0.3) is 0 Å². The van der Waals surface area contributed by atoms with E-state index >= 15 is 0 Å². The summed E-state index contributed by atoms with van der Waals surface area (Å²) in [6.07, 6.45) is 5.04. The summed E-state index contributed by atoms with van der Waals surface area (Å²) in [5, 5.41) is 12.9. The highest BCUT2D eigenvalue weighted by Crippen LogP contribution is 2.31. The van der Waals surface area contributed by atoms with Crippen molar-refractivity contribution in [1.29, 1.82) is 0 Å². The van der Waals surface area contributed by atoms with Crippen LogP contribution in [0.2, 0.25) is 0 Å². The first-order chi connectivity index (χ1) is 8.16. The van der Waals surface area contributed by atoms with Gasteiger partial charge in [0.15, 0.2) is 0 Å². The molecule has 2 N–H and O–H groups in total. The lowest BCUT2D eigenvalue weighted by Gasteiger charge is -2.26. The Hall–Kier alpha value is -0.870. The van der Waals surface area contributed by atoms with Gasteiger partial charge in [0.25, 0.3) is 0 Å². The predicted molar refractivity (Wildman–Crippen MR) is 70.7 cm³/mol. The molecule has 2 rings (SSSR count). The number of hydrogen-bond donors (Lipinski definition) is 2. The second-order valence-electron chi connectivity index (χ2n) is 4.56. The summed E-state index contributed by atoms with van der Waals surface area (Å²) in [7, 11) is -0.734. The van der Waals surface area contributed by atoms with Crippen LogP contribution in [0.4, 0.5) is 0 Å². The quantitative estimate of drug-likeness (QED) is 0.859. The highest BCUT2D eigenvalue weighted by atomic mass is 32.2. The minimum absolute atomic E-state index is 0.346. The van der Waals surface area contributed by atoms with Crippen LogP contribution in [0, 0.1) is 0 Å². The summed E-state index contributed by atoms with van der Waals surface area (Å²) in [4.78, 5) is 0. The van der Waals surface area contributed by atoms with Gasteiger partial charge in [-0.1, -0.05) is 6.07 Å². The van der Waals surface area contributed by atoms with Crippen molar-refractivity contribution in [2.45, 2.75) is 25.3 Å². The fraction of sp³-hybridized carbons (Fsp3) is 0.538. The van der Waals surface area contributed by atoms with Gasteiger partial charge in [0.2, 0.25) is 0 Å². The molecule has 0 fully saturated rings. The van der Waals surface area contributed by atoms with Crippen LogP contribution in [0.15, 0.2) is 18.2 Å². The van der Waals surface area contributed by atoms with Gasteiger partial charge in [-0.2, -0.15) is 0 Å². The molecule has 1 aromatic carbocycles. The number of hydrogen-bond acceptors (Lipinski definition) is 3. The minimum Gasteiger partial charge on any atom is -0.508 e. The van der Waals surface area contributed by atoms with Crippen molar-refractivity contribution in [1.82, 2.24) is 5.32 Å². The van der Waals surface area contributed by atoms with E-state index in [-0.39, 0.29) is 0 Å². The topological polar surface area (TPSA) is 49.3 Å². The fourth-order valence-electron chi connectivity index (χ4n) is 2.39. The molecule has 0 bridgehead atoms. The van der Waals surface area contributed by atoms with E-state index in [0.717, 1.165) is 25.8 Å². The van der Waals surface area contributed by atoms with Crippen molar-refractivity contribution in [2.75, 3.05) is 18.6 Å². The maximum Gasteiger partial charge on any atom is 0.115 e. The molecule has 0 amide bonds. The number of rotatable bonds is 4. The molecular weight excluding hydrogens is 234 g/mol. The van der Waals surface area contributed by atoms with Gasteiger partial charge in [0, 0.05) is 35.4 Å². The zero-order valence-corrected chi connectivity index (χ0v) is 10.9. The minimum atomic E-state index is -0.734. The SMILES string of the molecule is CS(=O)CCNC1CCCc2cc(O)ccc21. The number of aromatic hydroxyl groups is 1. The number of phenols is 1. The Morgan fingerprint density at radius 1 is 1.53 bits per heavy atom. The normalized spacial score (nSPS) is 20.9. The lowest BCUT2D eigenvalue weighted by Crippen LogP contribution is -2.28. The van der Waals surface area contributed by atoms with E-state index in [1.54, 1.807) is 12.3 Å². The van der Waals surface area contributed by atoms with Crippen molar-refractivity contribution in [3.8, 4) is 5.75 Å². The maximum atomic E-state index is 11.0. The van der Waals surface area contributed by atoms with Crippen molar-refractivity contribution < 1.29 is 9.32 Å². The second-order valence-corrected chi connectivity index (χ2v) is 6.11. The number of fused-ring (bicyclic) bond motifs is 1. The van der Waals surface area contributed by atoms with Crippen molar-refractivity contribution in [3.05, 3.63) is 29.3 Å². The standard InChI is InChI=1S/C13H19NO2S/c1-17(16)8-7-14-13-4-2-3-10-9-11(15)5-6-12(10)13/h5-6,9,13-15H,2-4,7-8H2,1H3. The fourth-order valence-corrected chi connectivity index (χ4v) is 2.79. The number of benzene rings is 1. The monoisotopic (exact) mass is 253 g/mol. The summed E-state index contributed by atoms with van der Waals surface area (Å²) in [6, 6.07) is 5.96. The van der Waals surface area contributed by atoms with E-state index in [1.807, 2.05) is 12.1 Å². The summed E-state index contributed by atoms with van der Waals surface area (Å²) in [6.45, 7) is 0.786. The molecule has 17 heavy (non-hydrogen) atoms. The van der Waals surface area contributed by atoms with Gasteiger partial charge < -0.3 is 10.4 Å². The zero-order valence-electron chi connectivity index (χ0n) is 10.1. The third kappa shape index (κ3) is 3.30. The predicted octanol–water partition coefficient (Wildman–Crippen LogP) is 1.74. The van der Waals surface area contributed by atoms with Gasteiger partial charge in [0.1, 0.15) is 5.75 Å². The Bertz CT molecular complexity index is 420. The molecule has 0 saturated carbocycles. The third-order valence-electron chi connectivity index (χ3n) is 3.22. The Morgan fingerprint density at radius 2 is 2.35 bits per heavy atom. The first-order valence-electron chi connectivity index (χ1n) is 6.02. The molecule has 4 heteroatoms. The molecule has 3 nitrogen and oxygen atoms in total. The summed E-state index contributed by atoms with van der Waals surface area (Å²) < 4.78 is 11.0. The number of phenolic OH excluding ortho intramolecular Hbond substituents is 1. The van der Waals surface area contributed by atoms with Crippen molar-refractivity contribution in [2.24, 2.45) is 0 Å². The molecule has 2 unspecified atom stereocenters. The van der Waals surface area contributed by atoms with Crippen LogP contribution >= 0.6 is 0 Å². The summed E-state index contributed by atoms with van der Waals surface area (Å²) in [5.74, 6) is 1.04. The third-order valence-corrected chi connectivity index (χ3v) is 4.00. The van der Waals surface area contributed by atoms with Gasteiger partial charge in [-0.25, -0.2) is 0 Å². The smallest absolute Gasteiger partial charge is 0.115 e. The summed E-state index contributed by atoms with van der Waals surface area (Å²) >= 11 is 0. The molecule has 0 saturated heterocycles. The molecule has 1 aliphatic rings. The van der Waals surface area contributed by atoms with E-state index in [0.29, 0.717) is 17.5 Å². The number of aryl methyl sites for hydroxylation is 1. The molecule has 0 heterocycles. The first-order valence-corrected chi connectivity index (χ1v) is 7.75. The van der Waals surface area contributed by atoms with Gasteiger partial charge in [-0.15, -0.1) is 0 Å². The highest BCUT2D eigenvalue weighted by molar-refractivity contribution is 7.84. The molecule has 1 aliphatic carbocycles. The Balaban J connectivity index is 2.04. The molecule has 0 radical (unpaired) electrons. The molecule has 94 valence electrons. The molecule has 2 atom stereocenters. The molecule has 0 aliphatic heterocycles. The van der Waals surface area contributed by atoms with E-state index in [9.17, 15) is 9.32 Å². The maximum absolute atomic E-state index is 11.0. The van der Waals surface area contributed by atoms with Crippen LogP contribution in [0.3, 0.4) is 0 Å². The van der Waals surface area contributed by atoms with E-state index < -0.39 is 10.8 Å². The van der Waals surface area contributed by atoms with Crippen molar-refractivity contribution >= 4 is 10.8 Å². The van der Waals surface area contributed by atoms with Crippen LogP contribution in [0.1, 0.15) is 30.0 Å². The van der Waals surface area contributed by atoms with Crippen LogP contribution < -0.4 is 5.32 Å². The van der Waals surface area contributed by atoms with Gasteiger partial charge in [-0.3, -0.25) is 4.21 Å². The number of nitrogens with one attached hydrogen (secondary N) is 1. The van der Waals surface area contributed by atoms with Crippen LogP contribution in [0.5, 0.6) is 5.75 Å². The molecular formula is C13H19NO2S. The van der Waals surface area contributed by atoms with Crippen molar-refractivity contribution in [3.63, 3.8) is 0 Å². The largest absolute Gasteiger partial charge is 0.508 e. The zero-order chi connectivity index (χ0) is 12.3. The van der Waals surface area contributed by atoms with Crippen LogP contribution in [-0.4, -0.2) is 27.9 Å². The molecule has 0 aromatic heterocycles. The van der Waals surface area contributed by atoms with Crippen LogP contribution in [-0.2, 0) is 17.2 Å². The Morgan fingerprint density at radius 3 is 3.12 bits per heavy atom. The second kappa shape index (κ2) is 5.65. The average Bonchev–Trinajstić information content (AvgIpc) is 2.28. The Kier molecular flexibility index (Phi) is 4.18. The lowest BCUT2D eigenvalue weighted by atomic mass is 9.87. The first kappa shape index (κ1) is 12.6. The average molecular weight is 253 g/mol. The van der Waals surface area contributed by atoms with E-state index in [2.05, 4.69) is 5.32 Å². The van der Waals surface area contributed by atoms with E-state index in [4.69, 9.17) is 0 Å². The highest BCUT2D eigenvalue weighted by Gasteiger charge is 2.19. The summed E-state index contributed by atoms with van der Waals surface area (Å²) in [5.41, 5.74) is 2.53. The molecule has 1 aromatic rings. The molecule has 0 spiro atoms. The Labute approximate surface area is 105 Å². The van der Waals surface area contributed by atoms with E-state index in [1.165, 1.54) is 11.1 Å².